The number of aryl methyl sites for hydroxylation is 2. The summed E-state index contributed by atoms with van der Waals surface area (Å²) in [7, 11) is 0. The van der Waals surface area contributed by atoms with Gasteiger partial charge in [-0.15, -0.1) is 0 Å². The molecule has 1 aliphatic carbocycles. The van der Waals surface area contributed by atoms with E-state index in [4.69, 9.17) is 10.7 Å². The number of fused-ring (bicyclic) bond motifs is 1. The maximum atomic E-state index is 5.70. The molecule has 80 valence electrons. The van der Waals surface area contributed by atoms with Gasteiger partial charge in [0.1, 0.15) is 5.82 Å². The Hall–Kier alpha value is -1.09. The highest BCUT2D eigenvalue weighted by Crippen LogP contribution is 2.28. The predicted molar refractivity (Wildman–Crippen MR) is 61.1 cm³/mol. The molecule has 0 aromatic carbocycles. The van der Waals surface area contributed by atoms with E-state index >= 15 is 0 Å². The summed E-state index contributed by atoms with van der Waals surface area (Å²) in [6, 6.07) is 4.93. The summed E-state index contributed by atoms with van der Waals surface area (Å²) < 4.78 is 0. The zero-order chi connectivity index (χ0) is 10.3. The number of nitrogens with two attached hydrogens (primary N) is 1. The molecule has 0 bridgehead atoms. The molecular formula is C12H17N3. The fourth-order valence-electron chi connectivity index (χ4n) is 2.56. The molecule has 2 heterocycles. The molecule has 0 spiro atoms. The van der Waals surface area contributed by atoms with E-state index in [0.29, 0.717) is 6.04 Å². The summed E-state index contributed by atoms with van der Waals surface area (Å²) in [4.78, 5) is 7.08. The normalized spacial score (nSPS) is 23.8. The third-order valence-electron chi connectivity index (χ3n) is 3.62. The van der Waals surface area contributed by atoms with Gasteiger partial charge in [-0.1, -0.05) is 6.07 Å². The van der Waals surface area contributed by atoms with E-state index in [-0.39, 0.29) is 0 Å². The van der Waals surface area contributed by atoms with Gasteiger partial charge < -0.3 is 10.6 Å². The van der Waals surface area contributed by atoms with E-state index in [0.717, 1.165) is 25.3 Å². The molecule has 1 aromatic heterocycles. The van der Waals surface area contributed by atoms with E-state index in [1.807, 2.05) is 0 Å². The van der Waals surface area contributed by atoms with Gasteiger partial charge in [-0.25, -0.2) is 4.98 Å². The van der Waals surface area contributed by atoms with Crippen molar-refractivity contribution >= 4 is 5.82 Å². The Balaban J connectivity index is 1.87. The highest BCUT2D eigenvalue weighted by Gasteiger charge is 2.28. The Kier molecular flexibility index (Phi) is 2.13. The van der Waals surface area contributed by atoms with Gasteiger partial charge in [-0.05, 0) is 37.3 Å². The van der Waals surface area contributed by atoms with Crippen molar-refractivity contribution in [3.8, 4) is 0 Å². The number of rotatable bonds is 2. The average Bonchev–Trinajstić information content (AvgIpc) is 2.64. The molecule has 2 N–H and O–H groups in total. The van der Waals surface area contributed by atoms with Crippen LogP contribution in [-0.2, 0) is 12.8 Å². The predicted octanol–water partition coefficient (Wildman–Crippen LogP) is 1.11. The topological polar surface area (TPSA) is 42.1 Å². The number of aromatic nitrogens is 1. The second kappa shape index (κ2) is 3.49. The molecule has 15 heavy (non-hydrogen) atoms. The average molecular weight is 203 g/mol. The van der Waals surface area contributed by atoms with Gasteiger partial charge in [0.25, 0.3) is 0 Å². The minimum Gasteiger partial charge on any atom is -0.352 e. The third kappa shape index (κ3) is 1.42. The maximum absolute atomic E-state index is 5.70. The second-order valence-electron chi connectivity index (χ2n) is 4.50. The molecule has 0 radical (unpaired) electrons. The number of hydrogen-bond acceptors (Lipinski definition) is 3. The summed E-state index contributed by atoms with van der Waals surface area (Å²) in [5.41, 5.74) is 8.47. The molecule has 1 atom stereocenters. The van der Waals surface area contributed by atoms with Crippen molar-refractivity contribution in [2.75, 3.05) is 18.0 Å². The number of nitrogens with zero attached hydrogens (tertiary/aromatic N) is 2. The minimum atomic E-state index is 0.525. The lowest BCUT2D eigenvalue weighted by atomic mass is 10.0. The zero-order valence-electron chi connectivity index (χ0n) is 8.95. The highest BCUT2D eigenvalue weighted by molar-refractivity contribution is 5.46. The first-order chi connectivity index (χ1) is 7.38. The van der Waals surface area contributed by atoms with Crippen molar-refractivity contribution in [1.82, 2.24) is 4.98 Å². The largest absolute Gasteiger partial charge is 0.352 e. The lowest BCUT2D eigenvalue weighted by molar-refractivity contribution is 0.451. The van der Waals surface area contributed by atoms with E-state index < -0.39 is 0 Å². The Labute approximate surface area is 90.3 Å². The summed E-state index contributed by atoms with van der Waals surface area (Å²) in [6.45, 7) is 1.87. The molecule has 1 aliphatic heterocycles. The van der Waals surface area contributed by atoms with Crippen LogP contribution in [0.4, 0.5) is 5.82 Å². The van der Waals surface area contributed by atoms with Crippen LogP contribution < -0.4 is 10.6 Å². The quantitative estimate of drug-likeness (QED) is 0.783. The lowest BCUT2D eigenvalue weighted by Gasteiger charge is -2.41. The van der Waals surface area contributed by atoms with Crippen molar-refractivity contribution in [2.45, 2.75) is 31.7 Å². The SMILES string of the molecule is NCC1CCN1c1ccc2c(n1)CCC2. The van der Waals surface area contributed by atoms with Crippen LogP contribution in [0, 0.1) is 0 Å². The van der Waals surface area contributed by atoms with E-state index in [1.165, 1.54) is 30.5 Å². The highest BCUT2D eigenvalue weighted by atomic mass is 15.3. The summed E-state index contributed by atoms with van der Waals surface area (Å²) in [5, 5.41) is 0. The van der Waals surface area contributed by atoms with E-state index in [9.17, 15) is 0 Å². The van der Waals surface area contributed by atoms with E-state index in [1.54, 1.807) is 0 Å². The zero-order valence-corrected chi connectivity index (χ0v) is 8.95. The van der Waals surface area contributed by atoms with Crippen molar-refractivity contribution < 1.29 is 0 Å². The minimum absolute atomic E-state index is 0.525. The van der Waals surface area contributed by atoms with Crippen LogP contribution in [0.3, 0.4) is 0 Å². The second-order valence-corrected chi connectivity index (χ2v) is 4.50. The first-order valence-corrected chi connectivity index (χ1v) is 5.84. The standard InChI is InChI=1S/C12H17N3/c13-8-10-6-7-15(10)12-5-4-9-2-1-3-11(9)14-12/h4-5,10H,1-3,6-8,13H2. The molecule has 1 fully saturated rings. The fraction of sp³-hybridized carbons (Fsp3) is 0.583. The van der Waals surface area contributed by atoms with Crippen molar-refractivity contribution in [3.05, 3.63) is 23.4 Å². The van der Waals surface area contributed by atoms with Gasteiger partial charge in [0, 0.05) is 24.8 Å². The number of hydrogen-bond donors (Lipinski definition) is 1. The van der Waals surface area contributed by atoms with Gasteiger partial charge in [-0.2, -0.15) is 0 Å². The van der Waals surface area contributed by atoms with Gasteiger partial charge in [0.15, 0.2) is 0 Å². The Morgan fingerprint density at radius 1 is 1.40 bits per heavy atom. The first-order valence-electron chi connectivity index (χ1n) is 5.84. The molecule has 0 saturated carbocycles. The van der Waals surface area contributed by atoms with Crippen LogP contribution in [0.1, 0.15) is 24.1 Å². The smallest absolute Gasteiger partial charge is 0.129 e. The molecule has 3 rings (SSSR count). The molecule has 0 amide bonds. The van der Waals surface area contributed by atoms with Crippen LogP contribution in [0.25, 0.3) is 0 Å². The van der Waals surface area contributed by atoms with Gasteiger partial charge in [-0.3, -0.25) is 0 Å². The lowest BCUT2D eigenvalue weighted by Crippen LogP contribution is -2.52. The first kappa shape index (κ1) is 9.16. The van der Waals surface area contributed by atoms with Crippen LogP contribution >= 0.6 is 0 Å². The Morgan fingerprint density at radius 2 is 2.33 bits per heavy atom. The molecule has 1 unspecified atom stereocenters. The van der Waals surface area contributed by atoms with Crippen molar-refractivity contribution in [1.29, 1.82) is 0 Å². The molecular weight excluding hydrogens is 186 g/mol. The Bertz CT molecular complexity index is 373. The summed E-state index contributed by atoms with van der Waals surface area (Å²) in [5.74, 6) is 1.14. The van der Waals surface area contributed by atoms with Gasteiger partial charge >= 0.3 is 0 Å². The van der Waals surface area contributed by atoms with Gasteiger partial charge in [0.2, 0.25) is 0 Å². The third-order valence-corrected chi connectivity index (χ3v) is 3.62. The molecule has 1 saturated heterocycles. The van der Waals surface area contributed by atoms with Crippen LogP contribution in [0.2, 0.25) is 0 Å². The number of pyridine rings is 1. The van der Waals surface area contributed by atoms with Crippen LogP contribution in [0.15, 0.2) is 12.1 Å². The number of anilines is 1. The van der Waals surface area contributed by atoms with Crippen molar-refractivity contribution in [3.63, 3.8) is 0 Å². The van der Waals surface area contributed by atoms with Crippen molar-refractivity contribution in [2.24, 2.45) is 5.73 Å². The summed E-state index contributed by atoms with van der Waals surface area (Å²) >= 11 is 0. The monoisotopic (exact) mass is 203 g/mol. The molecule has 2 aliphatic rings. The van der Waals surface area contributed by atoms with E-state index in [2.05, 4.69) is 17.0 Å². The Morgan fingerprint density at radius 3 is 3.07 bits per heavy atom. The van der Waals surface area contributed by atoms with Gasteiger partial charge in [0.05, 0.1) is 0 Å². The van der Waals surface area contributed by atoms with Crippen LogP contribution in [-0.4, -0.2) is 24.1 Å². The molecule has 3 heteroatoms. The molecule has 1 aromatic rings. The summed E-state index contributed by atoms with van der Waals surface area (Å²) in [6.07, 6.45) is 4.86. The maximum Gasteiger partial charge on any atom is 0.129 e. The fourth-order valence-corrected chi connectivity index (χ4v) is 2.56. The van der Waals surface area contributed by atoms with Crippen LogP contribution in [0.5, 0.6) is 0 Å². The molecule has 3 nitrogen and oxygen atoms in total.